The molecule has 0 saturated heterocycles. The predicted molar refractivity (Wildman–Crippen MR) is 91.0 cm³/mol. The van der Waals surface area contributed by atoms with E-state index in [2.05, 4.69) is 4.84 Å². The van der Waals surface area contributed by atoms with Gasteiger partial charge in [0.2, 0.25) is 0 Å². The van der Waals surface area contributed by atoms with Crippen molar-refractivity contribution in [2.24, 2.45) is 0 Å². The van der Waals surface area contributed by atoms with Crippen LogP contribution in [0.4, 0.5) is 0 Å². The first-order valence-corrected chi connectivity index (χ1v) is 8.84. The number of nitrogens with one attached hydrogen (secondary N) is 1. The summed E-state index contributed by atoms with van der Waals surface area (Å²) in [6.07, 6.45) is 0. The van der Waals surface area contributed by atoms with Crippen molar-refractivity contribution in [3.63, 3.8) is 0 Å². The first kappa shape index (κ1) is 18.4. The van der Waals surface area contributed by atoms with Crippen LogP contribution in [0.5, 0.6) is 0 Å². The van der Waals surface area contributed by atoms with E-state index in [9.17, 15) is 13.2 Å². The van der Waals surface area contributed by atoms with Gasteiger partial charge in [0.1, 0.15) is 0 Å². The molecule has 0 aliphatic rings. The Bertz CT molecular complexity index is 805. The number of amides is 1. The predicted octanol–water partition coefficient (Wildman–Crippen LogP) is 2.45. The van der Waals surface area contributed by atoms with Gasteiger partial charge in [0.15, 0.2) is 0 Å². The first-order valence-electron chi connectivity index (χ1n) is 6.98. The van der Waals surface area contributed by atoms with Gasteiger partial charge < -0.3 is 4.90 Å². The van der Waals surface area contributed by atoms with Crippen LogP contribution in [0.2, 0.25) is 5.02 Å². The lowest BCUT2D eigenvalue weighted by Crippen LogP contribution is -2.26. The molecule has 0 heterocycles. The molecule has 0 bridgehead atoms. The fraction of sp³-hybridized carbons (Fsp3) is 0.188. The number of benzene rings is 2. The summed E-state index contributed by atoms with van der Waals surface area (Å²) in [5.41, 5.74) is 1.33. The highest BCUT2D eigenvalue weighted by Crippen LogP contribution is 2.14. The zero-order valence-corrected chi connectivity index (χ0v) is 14.8. The van der Waals surface area contributed by atoms with Gasteiger partial charge in [0, 0.05) is 24.2 Å². The Hall–Kier alpha value is -1.93. The minimum atomic E-state index is -3.74. The molecule has 6 nitrogen and oxygen atoms in total. The van der Waals surface area contributed by atoms with E-state index in [1.165, 1.54) is 31.4 Å². The molecule has 2 aromatic carbocycles. The van der Waals surface area contributed by atoms with E-state index in [1.807, 2.05) is 17.0 Å². The Morgan fingerprint density at radius 1 is 1.12 bits per heavy atom. The van der Waals surface area contributed by atoms with E-state index in [-0.39, 0.29) is 10.8 Å². The molecule has 1 N–H and O–H groups in total. The van der Waals surface area contributed by atoms with Gasteiger partial charge in [-0.15, -0.1) is 0 Å². The van der Waals surface area contributed by atoms with Crippen LogP contribution in [0.3, 0.4) is 0 Å². The minimum Gasteiger partial charge on any atom is -0.337 e. The van der Waals surface area contributed by atoms with Crippen LogP contribution in [-0.2, 0) is 21.4 Å². The van der Waals surface area contributed by atoms with Crippen molar-refractivity contribution >= 4 is 27.5 Å². The highest BCUT2D eigenvalue weighted by Gasteiger charge is 2.16. The zero-order valence-electron chi connectivity index (χ0n) is 13.2. The third kappa shape index (κ3) is 4.55. The summed E-state index contributed by atoms with van der Waals surface area (Å²) in [6.45, 7) is 0.418. The number of halogens is 1. The van der Waals surface area contributed by atoms with Crippen molar-refractivity contribution in [3.8, 4) is 0 Å². The summed E-state index contributed by atoms with van der Waals surface area (Å²) in [6, 6.07) is 12.8. The summed E-state index contributed by atoms with van der Waals surface area (Å²) in [5.74, 6) is -0.214. The molecule has 0 aromatic heterocycles. The fourth-order valence-electron chi connectivity index (χ4n) is 2.09. The van der Waals surface area contributed by atoms with E-state index in [4.69, 9.17) is 11.6 Å². The van der Waals surface area contributed by atoms with Gasteiger partial charge in [-0.1, -0.05) is 28.6 Å². The van der Waals surface area contributed by atoms with Crippen molar-refractivity contribution < 1.29 is 18.0 Å². The van der Waals surface area contributed by atoms with Crippen LogP contribution >= 0.6 is 11.6 Å². The Labute approximate surface area is 146 Å². The lowest BCUT2D eigenvalue weighted by Gasteiger charge is -2.17. The monoisotopic (exact) mass is 368 g/mol. The average molecular weight is 369 g/mol. The van der Waals surface area contributed by atoms with E-state index >= 15 is 0 Å². The van der Waals surface area contributed by atoms with Gasteiger partial charge in [0.05, 0.1) is 12.0 Å². The highest BCUT2D eigenvalue weighted by molar-refractivity contribution is 7.89. The van der Waals surface area contributed by atoms with E-state index in [0.29, 0.717) is 17.1 Å². The van der Waals surface area contributed by atoms with Crippen LogP contribution < -0.4 is 4.89 Å². The maximum absolute atomic E-state index is 12.4. The summed E-state index contributed by atoms with van der Waals surface area (Å²) in [5, 5.41) is 0.634. The number of carbonyl (C=O) groups excluding carboxylic acids is 1. The molecule has 24 heavy (non-hydrogen) atoms. The number of hydrogen-bond donors (Lipinski definition) is 1. The first-order chi connectivity index (χ1) is 11.3. The molecule has 128 valence electrons. The second kappa shape index (κ2) is 7.76. The molecule has 8 heteroatoms. The minimum absolute atomic E-state index is 0.0151. The van der Waals surface area contributed by atoms with E-state index < -0.39 is 10.0 Å². The fourth-order valence-corrected chi connectivity index (χ4v) is 3.03. The molecule has 1 amide bonds. The summed E-state index contributed by atoms with van der Waals surface area (Å²) < 4.78 is 23.5. The molecule has 0 unspecified atom stereocenters. The zero-order chi connectivity index (χ0) is 17.7. The Kier molecular flexibility index (Phi) is 5.95. The topological polar surface area (TPSA) is 75.7 Å². The van der Waals surface area contributed by atoms with Crippen molar-refractivity contribution in [1.82, 2.24) is 9.79 Å². The van der Waals surface area contributed by atoms with Crippen molar-refractivity contribution in [2.75, 3.05) is 14.2 Å². The molecule has 2 aromatic rings. The van der Waals surface area contributed by atoms with Crippen molar-refractivity contribution in [2.45, 2.75) is 11.4 Å². The maximum atomic E-state index is 12.4. The molecule has 0 spiro atoms. The van der Waals surface area contributed by atoms with E-state index in [0.717, 1.165) is 5.56 Å². The molecule has 0 saturated carbocycles. The molecular weight excluding hydrogens is 352 g/mol. The summed E-state index contributed by atoms with van der Waals surface area (Å²) >= 11 is 5.84. The van der Waals surface area contributed by atoms with Gasteiger partial charge >= 0.3 is 0 Å². The molecule has 0 aliphatic heterocycles. The van der Waals surface area contributed by atoms with Crippen LogP contribution in [0.1, 0.15) is 15.9 Å². The largest absolute Gasteiger partial charge is 0.337 e. The lowest BCUT2D eigenvalue weighted by molar-refractivity contribution is 0.0785. The number of carbonyl (C=O) groups is 1. The van der Waals surface area contributed by atoms with Crippen LogP contribution in [0.15, 0.2) is 53.4 Å². The molecule has 0 aliphatic carbocycles. The standard InChI is InChI=1S/C16H17ClN2O4S/c1-19(11-12-3-7-14(17)8-4-12)16(20)13-5-9-15(10-6-13)24(21,22)18-23-2/h3-10,18H,11H2,1-2H3. The maximum Gasteiger partial charge on any atom is 0.262 e. The summed E-state index contributed by atoms with van der Waals surface area (Å²) in [7, 11) is -0.851. The van der Waals surface area contributed by atoms with Crippen LogP contribution in [-0.4, -0.2) is 33.4 Å². The van der Waals surface area contributed by atoms with E-state index in [1.54, 1.807) is 24.1 Å². The second-order valence-electron chi connectivity index (χ2n) is 5.10. The number of sulfonamides is 1. The van der Waals surface area contributed by atoms with Crippen LogP contribution in [0, 0.1) is 0 Å². The average Bonchev–Trinajstić information content (AvgIpc) is 2.56. The number of hydrogen-bond acceptors (Lipinski definition) is 4. The third-order valence-corrected chi connectivity index (χ3v) is 4.82. The molecule has 0 radical (unpaired) electrons. The molecular formula is C16H17ClN2O4S. The smallest absolute Gasteiger partial charge is 0.262 e. The SMILES string of the molecule is CONS(=O)(=O)c1ccc(C(=O)N(C)Cc2ccc(Cl)cc2)cc1. The second-order valence-corrected chi connectivity index (χ2v) is 7.18. The summed E-state index contributed by atoms with van der Waals surface area (Å²) in [4.78, 5) is 20.3. The molecule has 2 rings (SSSR count). The third-order valence-electron chi connectivity index (χ3n) is 3.28. The van der Waals surface area contributed by atoms with Gasteiger partial charge in [-0.3, -0.25) is 9.63 Å². The normalized spacial score (nSPS) is 11.3. The Balaban J connectivity index is 2.10. The highest BCUT2D eigenvalue weighted by atomic mass is 35.5. The Morgan fingerprint density at radius 3 is 2.25 bits per heavy atom. The van der Waals surface area contributed by atoms with Crippen LogP contribution in [0.25, 0.3) is 0 Å². The van der Waals surface area contributed by atoms with Gasteiger partial charge in [-0.25, -0.2) is 8.42 Å². The number of rotatable bonds is 6. The Morgan fingerprint density at radius 2 is 1.71 bits per heavy atom. The van der Waals surface area contributed by atoms with Gasteiger partial charge in [0.25, 0.3) is 15.9 Å². The van der Waals surface area contributed by atoms with Crippen molar-refractivity contribution in [3.05, 3.63) is 64.7 Å². The molecule has 0 fully saturated rings. The van der Waals surface area contributed by atoms with Gasteiger partial charge in [-0.05, 0) is 42.0 Å². The quantitative estimate of drug-likeness (QED) is 0.795. The molecule has 0 atom stereocenters. The van der Waals surface area contributed by atoms with Gasteiger partial charge in [-0.2, -0.15) is 0 Å². The van der Waals surface area contributed by atoms with Crippen molar-refractivity contribution in [1.29, 1.82) is 0 Å². The lowest BCUT2D eigenvalue weighted by atomic mass is 10.1. The number of nitrogens with zero attached hydrogens (tertiary/aromatic N) is 1.